The van der Waals surface area contributed by atoms with Gasteiger partial charge in [-0.15, -0.1) is 0 Å². The number of benzene rings is 2. The highest BCUT2D eigenvalue weighted by Gasteiger charge is 2.15. The van der Waals surface area contributed by atoms with Crippen molar-refractivity contribution in [2.75, 3.05) is 19.6 Å². The van der Waals surface area contributed by atoms with Crippen LogP contribution in [0.5, 0.6) is 11.5 Å². The smallest absolute Gasteiger partial charge is 0.127 e. The second-order valence-electron chi connectivity index (χ2n) is 5.65. The normalized spacial score (nSPS) is 19.4. The number of piperazine rings is 1. The van der Waals surface area contributed by atoms with E-state index in [1.807, 2.05) is 36.4 Å². The van der Waals surface area contributed by atoms with E-state index in [9.17, 15) is 0 Å². The molecule has 0 saturated carbocycles. The summed E-state index contributed by atoms with van der Waals surface area (Å²) in [6.07, 6.45) is 0. The van der Waals surface area contributed by atoms with Crippen molar-refractivity contribution in [3.63, 3.8) is 0 Å². The molecule has 0 amide bonds. The third-order valence-corrected chi connectivity index (χ3v) is 3.74. The number of hydrogen-bond donors (Lipinski definition) is 1. The van der Waals surface area contributed by atoms with Gasteiger partial charge in [-0.05, 0) is 36.8 Å². The van der Waals surface area contributed by atoms with Crippen LogP contribution in [0.15, 0.2) is 54.6 Å². The quantitative estimate of drug-likeness (QED) is 0.931. The van der Waals surface area contributed by atoms with Gasteiger partial charge in [-0.3, -0.25) is 4.90 Å². The maximum Gasteiger partial charge on any atom is 0.127 e. The van der Waals surface area contributed by atoms with Crippen molar-refractivity contribution >= 4 is 0 Å². The highest BCUT2D eigenvalue weighted by molar-refractivity contribution is 5.33. The van der Waals surface area contributed by atoms with Crippen LogP contribution in [0.1, 0.15) is 12.5 Å². The van der Waals surface area contributed by atoms with E-state index in [1.54, 1.807) is 0 Å². The molecule has 2 aromatic rings. The number of para-hydroxylation sites is 1. The molecule has 110 valence electrons. The Hall–Kier alpha value is -1.84. The molecule has 1 aliphatic heterocycles. The lowest BCUT2D eigenvalue weighted by atomic mass is 10.1. The topological polar surface area (TPSA) is 24.5 Å². The number of rotatable bonds is 4. The molecule has 3 heteroatoms. The van der Waals surface area contributed by atoms with Crippen LogP contribution in [0.2, 0.25) is 0 Å². The van der Waals surface area contributed by atoms with Crippen molar-refractivity contribution in [3.05, 3.63) is 60.2 Å². The maximum atomic E-state index is 5.90. The Morgan fingerprint density at radius 1 is 1.10 bits per heavy atom. The fraction of sp³-hybridized carbons (Fsp3) is 0.333. The molecule has 1 saturated heterocycles. The van der Waals surface area contributed by atoms with Gasteiger partial charge in [-0.1, -0.05) is 30.3 Å². The number of nitrogens with zero attached hydrogens (tertiary/aromatic N) is 1. The Labute approximate surface area is 126 Å². The van der Waals surface area contributed by atoms with E-state index in [0.717, 1.165) is 37.7 Å². The summed E-state index contributed by atoms with van der Waals surface area (Å²) in [5, 5.41) is 3.48. The Morgan fingerprint density at radius 3 is 2.71 bits per heavy atom. The largest absolute Gasteiger partial charge is 0.457 e. The highest BCUT2D eigenvalue weighted by atomic mass is 16.5. The van der Waals surface area contributed by atoms with Gasteiger partial charge in [-0.25, -0.2) is 0 Å². The highest BCUT2D eigenvalue weighted by Crippen LogP contribution is 2.22. The van der Waals surface area contributed by atoms with Gasteiger partial charge >= 0.3 is 0 Å². The van der Waals surface area contributed by atoms with E-state index in [0.29, 0.717) is 6.04 Å². The molecule has 1 heterocycles. The molecule has 0 bridgehead atoms. The average molecular weight is 282 g/mol. The summed E-state index contributed by atoms with van der Waals surface area (Å²) in [6, 6.07) is 18.9. The van der Waals surface area contributed by atoms with Gasteiger partial charge in [0.25, 0.3) is 0 Å². The van der Waals surface area contributed by atoms with Crippen molar-refractivity contribution in [2.45, 2.75) is 19.5 Å². The van der Waals surface area contributed by atoms with Crippen molar-refractivity contribution in [1.29, 1.82) is 0 Å². The van der Waals surface area contributed by atoms with Crippen LogP contribution >= 0.6 is 0 Å². The zero-order chi connectivity index (χ0) is 14.5. The summed E-state index contributed by atoms with van der Waals surface area (Å²) < 4.78 is 5.90. The molecule has 2 aromatic carbocycles. The van der Waals surface area contributed by atoms with E-state index in [-0.39, 0.29) is 0 Å². The Morgan fingerprint density at radius 2 is 1.90 bits per heavy atom. The second-order valence-corrected chi connectivity index (χ2v) is 5.65. The van der Waals surface area contributed by atoms with Gasteiger partial charge in [0.15, 0.2) is 0 Å². The molecule has 1 unspecified atom stereocenters. The fourth-order valence-electron chi connectivity index (χ4n) is 2.75. The van der Waals surface area contributed by atoms with Crippen LogP contribution in [0, 0.1) is 0 Å². The zero-order valence-corrected chi connectivity index (χ0v) is 12.5. The fourth-order valence-corrected chi connectivity index (χ4v) is 2.75. The molecule has 1 aliphatic rings. The summed E-state index contributed by atoms with van der Waals surface area (Å²) in [5.41, 5.74) is 1.30. The lowest BCUT2D eigenvalue weighted by Gasteiger charge is -2.31. The van der Waals surface area contributed by atoms with E-state index in [2.05, 4.69) is 35.3 Å². The molecule has 0 radical (unpaired) electrons. The molecule has 1 atom stereocenters. The first kappa shape index (κ1) is 14.1. The predicted octanol–water partition coefficient (Wildman–Crippen LogP) is 3.27. The summed E-state index contributed by atoms with van der Waals surface area (Å²) in [6.45, 7) is 6.50. The lowest BCUT2D eigenvalue weighted by molar-refractivity contribution is 0.199. The Balaban J connectivity index is 1.65. The van der Waals surface area contributed by atoms with Gasteiger partial charge in [0.2, 0.25) is 0 Å². The molecule has 0 aliphatic carbocycles. The van der Waals surface area contributed by atoms with Crippen LogP contribution in [0.25, 0.3) is 0 Å². The molecule has 1 fully saturated rings. The van der Waals surface area contributed by atoms with E-state index >= 15 is 0 Å². The molecular weight excluding hydrogens is 260 g/mol. The first-order chi connectivity index (χ1) is 10.3. The predicted molar refractivity (Wildman–Crippen MR) is 85.7 cm³/mol. The minimum atomic E-state index is 0.572. The van der Waals surface area contributed by atoms with Crippen molar-refractivity contribution in [1.82, 2.24) is 10.2 Å². The molecule has 21 heavy (non-hydrogen) atoms. The van der Waals surface area contributed by atoms with Crippen molar-refractivity contribution in [2.24, 2.45) is 0 Å². The summed E-state index contributed by atoms with van der Waals surface area (Å²) in [5.74, 6) is 1.78. The summed E-state index contributed by atoms with van der Waals surface area (Å²) >= 11 is 0. The average Bonchev–Trinajstić information content (AvgIpc) is 2.49. The van der Waals surface area contributed by atoms with Gasteiger partial charge in [-0.2, -0.15) is 0 Å². The van der Waals surface area contributed by atoms with Gasteiger partial charge < -0.3 is 10.1 Å². The van der Waals surface area contributed by atoms with Gasteiger partial charge in [0.05, 0.1) is 0 Å². The van der Waals surface area contributed by atoms with E-state index < -0.39 is 0 Å². The van der Waals surface area contributed by atoms with Crippen LogP contribution in [0.3, 0.4) is 0 Å². The Kier molecular flexibility index (Phi) is 4.53. The molecule has 0 aromatic heterocycles. The zero-order valence-electron chi connectivity index (χ0n) is 12.5. The summed E-state index contributed by atoms with van der Waals surface area (Å²) in [7, 11) is 0. The van der Waals surface area contributed by atoms with Crippen molar-refractivity contribution < 1.29 is 4.74 Å². The number of hydrogen-bond acceptors (Lipinski definition) is 3. The molecule has 3 nitrogen and oxygen atoms in total. The van der Waals surface area contributed by atoms with Gasteiger partial charge in [0, 0.05) is 32.2 Å². The van der Waals surface area contributed by atoms with Crippen LogP contribution in [-0.4, -0.2) is 30.6 Å². The molecule has 0 spiro atoms. The minimum absolute atomic E-state index is 0.572. The third kappa shape index (κ3) is 4.06. The van der Waals surface area contributed by atoms with Crippen LogP contribution in [0.4, 0.5) is 0 Å². The molecule has 3 rings (SSSR count). The van der Waals surface area contributed by atoms with E-state index in [4.69, 9.17) is 4.74 Å². The third-order valence-electron chi connectivity index (χ3n) is 3.74. The Bertz CT molecular complexity index is 570. The molecular formula is C18H22N2O. The number of ether oxygens (including phenoxy) is 1. The first-order valence-corrected chi connectivity index (χ1v) is 7.57. The standard InChI is InChI=1S/C18H22N2O/c1-15-13-20(11-10-19-15)14-16-6-5-9-18(12-16)21-17-7-3-2-4-8-17/h2-9,12,15,19H,10-11,13-14H2,1H3. The first-order valence-electron chi connectivity index (χ1n) is 7.57. The van der Waals surface area contributed by atoms with Crippen molar-refractivity contribution in [3.8, 4) is 11.5 Å². The lowest BCUT2D eigenvalue weighted by Crippen LogP contribution is -2.48. The number of nitrogens with one attached hydrogen (secondary N) is 1. The molecule has 1 N–H and O–H groups in total. The van der Waals surface area contributed by atoms with Crippen LogP contribution in [-0.2, 0) is 6.54 Å². The summed E-state index contributed by atoms with van der Waals surface area (Å²) in [4.78, 5) is 2.49. The van der Waals surface area contributed by atoms with Gasteiger partial charge in [0.1, 0.15) is 11.5 Å². The second kappa shape index (κ2) is 6.74. The monoisotopic (exact) mass is 282 g/mol. The minimum Gasteiger partial charge on any atom is -0.457 e. The maximum absolute atomic E-state index is 5.90. The van der Waals surface area contributed by atoms with Crippen LogP contribution < -0.4 is 10.1 Å². The SMILES string of the molecule is CC1CN(Cc2cccc(Oc3ccccc3)c2)CCN1. The van der Waals surface area contributed by atoms with E-state index in [1.165, 1.54) is 5.56 Å².